The SMILES string of the molecule is CCNc1cc(-c2ccc(Cl)cc2)ncn1. The molecule has 0 aliphatic carbocycles. The average molecular weight is 234 g/mol. The summed E-state index contributed by atoms with van der Waals surface area (Å²) in [7, 11) is 0. The van der Waals surface area contributed by atoms with Crippen LogP contribution in [0, 0.1) is 0 Å². The van der Waals surface area contributed by atoms with Crippen LogP contribution in [0.1, 0.15) is 6.92 Å². The van der Waals surface area contributed by atoms with Gasteiger partial charge in [0.25, 0.3) is 0 Å². The van der Waals surface area contributed by atoms with Crippen LogP contribution in [-0.2, 0) is 0 Å². The van der Waals surface area contributed by atoms with Crippen molar-refractivity contribution in [2.75, 3.05) is 11.9 Å². The van der Waals surface area contributed by atoms with Crippen molar-refractivity contribution >= 4 is 17.4 Å². The zero-order valence-corrected chi connectivity index (χ0v) is 9.70. The zero-order valence-electron chi connectivity index (χ0n) is 8.94. The molecule has 0 saturated carbocycles. The molecule has 0 aliphatic rings. The molecular weight excluding hydrogens is 222 g/mol. The normalized spacial score (nSPS) is 10.1. The molecule has 0 spiro atoms. The van der Waals surface area contributed by atoms with E-state index >= 15 is 0 Å². The molecule has 16 heavy (non-hydrogen) atoms. The highest BCUT2D eigenvalue weighted by Gasteiger charge is 2.00. The Balaban J connectivity index is 2.32. The molecule has 0 saturated heterocycles. The Kier molecular flexibility index (Phi) is 3.37. The van der Waals surface area contributed by atoms with E-state index in [-0.39, 0.29) is 0 Å². The van der Waals surface area contributed by atoms with Crippen molar-refractivity contribution in [3.05, 3.63) is 41.7 Å². The van der Waals surface area contributed by atoms with Crippen molar-refractivity contribution in [2.45, 2.75) is 6.92 Å². The van der Waals surface area contributed by atoms with Gasteiger partial charge in [-0.25, -0.2) is 9.97 Å². The molecule has 1 aromatic carbocycles. The van der Waals surface area contributed by atoms with E-state index in [1.165, 1.54) is 0 Å². The van der Waals surface area contributed by atoms with Crippen LogP contribution >= 0.6 is 11.6 Å². The van der Waals surface area contributed by atoms with E-state index in [2.05, 4.69) is 15.3 Å². The van der Waals surface area contributed by atoms with Gasteiger partial charge in [-0.15, -0.1) is 0 Å². The van der Waals surface area contributed by atoms with E-state index < -0.39 is 0 Å². The molecule has 0 bridgehead atoms. The minimum atomic E-state index is 0.727. The van der Waals surface area contributed by atoms with Crippen LogP contribution in [0.4, 0.5) is 5.82 Å². The third-order valence-corrected chi connectivity index (χ3v) is 2.42. The number of nitrogens with one attached hydrogen (secondary N) is 1. The lowest BCUT2D eigenvalue weighted by atomic mass is 10.1. The molecule has 82 valence electrons. The number of nitrogens with zero attached hydrogens (tertiary/aromatic N) is 2. The van der Waals surface area contributed by atoms with E-state index in [1.54, 1.807) is 6.33 Å². The van der Waals surface area contributed by atoms with Crippen molar-refractivity contribution in [3.63, 3.8) is 0 Å². The molecular formula is C12H12ClN3. The topological polar surface area (TPSA) is 37.8 Å². The van der Waals surface area contributed by atoms with Gasteiger partial charge in [0.05, 0.1) is 5.69 Å². The first-order valence-corrected chi connectivity index (χ1v) is 5.49. The lowest BCUT2D eigenvalue weighted by Gasteiger charge is -2.04. The highest BCUT2D eigenvalue weighted by Crippen LogP contribution is 2.20. The summed E-state index contributed by atoms with van der Waals surface area (Å²) in [6.45, 7) is 2.88. The van der Waals surface area contributed by atoms with Gasteiger partial charge >= 0.3 is 0 Å². The van der Waals surface area contributed by atoms with Crippen LogP contribution in [0.15, 0.2) is 36.7 Å². The molecule has 4 heteroatoms. The summed E-state index contributed by atoms with van der Waals surface area (Å²) < 4.78 is 0. The first kappa shape index (κ1) is 10.9. The van der Waals surface area contributed by atoms with E-state index in [9.17, 15) is 0 Å². The predicted molar refractivity (Wildman–Crippen MR) is 66.6 cm³/mol. The summed E-state index contributed by atoms with van der Waals surface area (Å²) in [5, 5.41) is 3.88. The van der Waals surface area contributed by atoms with Gasteiger partial charge in [0.15, 0.2) is 0 Å². The zero-order chi connectivity index (χ0) is 11.4. The Morgan fingerprint density at radius 3 is 2.62 bits per heavy atom. The van der Waals surface area contributed by atoms with Crippen molar-refractivity contribution in [3.8, 4) is 11.3 Å². The Labute approximate surface area is 99.5 Å². The van der Waals surface area contributed by atoms with E-state index in [1.807, 2.05) is 37.3 Å². The van der Waals surface area contributed by atoms with Crippen LogP contribution in [0.25, 0.3) is 11.3 Å². The van der Waals surface area contributed by atoms with Crippen LogP contribution in [0.2, 0.25) is 5.02 Å². The Hall–Kier alpha value is -1.61. The highest BCUT2D eigenvalue weighted by molar-refractivity contribution is 6.30. The summed E-state index contributed by atoms with van der Waals surface area (Å²) in [5.41, 5.74) is 1.92. The summed E-state index contributed by atoms with van der Waals surface area (Å²) in [5.74, 6) is 0.836. The number of rotatable bonds is 3. The number of hydrogen-bond donors (Lipinski definition) is 1. The van der Waals surface area contributed by atoms with Gasteiger partial charge in [-0.1, -0.05) is 23.7 Å². The average Bonchev–Trinajstić information content (AvgIpc) is 2.31. The predicted octanol–water partition coefficient (Wildman–Crippen LogP) is 3.23. The Morgan fingerprint density at radius 2 is 1.94 bits per heavy atom. The maximum Gasteiger partial charge on any atom is 0.129 e. The molecule has 0 atom stereocenters. The molecule has 2 aromatic rings. The first-order chi connectivity index (χ1) is 7.79. The second kappa shape index (κ2) is 4.94. The smallest absolute Gasteiger partial charge is 0.129 e. The van der Waals surface area contributed by atoms with Crippen LogP contribution in [0.5, 0.6) is 0 Å². The Morgan fingerprint density at radius 1 is 1.19 bits per heavy atom. The molecule has 3 nitrogen and oxygen atoms in total. The van der Waals surface area contributed by atoms with Gasteiger partial charge in [-0.3, -0.25) is 0 Å². The number of halogens is 1. The largest absolute Gasteiger partial charge is 0.370 e. The monoisotopic (exact) mass is 233 g/mol. The molecule has 1 heterocycles. The maximum absolute atomic E-state index is 5.84. The molecule has 0 fully saturated rings. The van der Waals surface area contributed by atoms with Gasteiger partial charge in [-0.2, -0.15) is 0 Å². The number of hydrogen-bond acceptors (Lipinski definition) is 3. The van der Waals surface area contributed by atoms with Crippen LogP contribution in [-0.4, -0.2) is 16.5 Å². The molecule has 0 radical (unpaired) electrons. The molecule has 1 N–H and O–H groups in total. The summed E-state index contributed by atoms with van der Waals surface area (Å²) in [6.07, 6.45) is 1.56. The third kappa shape index (κ3) is 2.49. The van der Waals surface area contributed by atoms with Crippen molar-refractivity contribution in [1.29, 1.82) is 0 Å². The van der Waals surface area contributed by atoms with Crippen molar-refractivity contribution in [1.82, 2.24) is 9.97 Å². The summed E-state index contributed by atoms with van der Waals surface area (Å²) in [6, 6.07) is 9.52. The second-order valence-corrected chi connectivity index (χ2v) is 3.76. The number of aromatic nitrogens is 2. The van der Waals surface area contributed by atoms with Crippen LogP contribution < -0.4 is 5.32 Å². The van der Waals surface area contributed by atoms with Crippen molar-refractivity contribution < 1.29 is 0 Å². The lowest BCUT2D eigenvalue weighted by Crippen LogP contribution is -1.99. The summed E-state index contributed by atoms with van der Waals surface area (Å²) >= 11 is 5.84. The first-order valence-electron chi connectivity index (χ1n) is 5.11. The minimum Gasteiger partial charge on any atom is -0.370 e. The van der Waals surface area contributed by atoms with Gasteiger partial charge in [0.2, 0.25) is 0 Å². The molecule has 1 aromatic heterocycles. The van der Waals surface area contributed by atoms with E-state index in [0.29, 0.717) is 0 Å². The van der Waals surface area contributed by atoms with E-state index in [0.717, 1.165) is 28.6 Å². The second-order valence-electron chi connectivity index (χ2n) is 3.33. The van der Waals surface area contributed by atoms with Gasteiger partial charge in [0.1, 0.15) is 12.1 Å². The number of anilines is 1. The molecule has 0 unspecified atom stereocenters. The number of benzene rings is 1. The minimum absolute atomic E-state index is 0.727. The molecule has 2 rings (SSSR count). The fraction of sp³-hybridized carbons (Fsp3) is 0.167. The van der Waals surface area contributed by atoms with Crippen molar-refractivity contribution in [2.24, 2.45) is 0 Å². The van der Waals surface area contributed by atoms with Gasteiger partial charge in [-0.05, 0) is 19.1 Å². The van der Waals surface area contributed by atoms with E-state index in [4.69, 9.17) is 11.6 Å². The fourth-order valence-corrected chi connectivity index (χ4v) is 1.54. The highest BCUT2D eigenvalue weighted by atomic mass is 35.5. The van der Waals surface area contributed by atoms with Gasteiger partial charge in [0, 0.05) is 23.2 Å². The summed E-state index contributed by atoms with van der Waals surface area (Å²) in [4.78, 5) is 8.35. The standard InChI is InChI=1S/C12H12ClN3/c1-2-14-12-7-11(15-8-16-12)9-3-5-10(13)6-4-9/h3-8H,2H2,1H3,(H,14,15,16). The molecule has 0 amide bonds. The third-order valence-electron chi connectivity index (χ3n) is 2.16. The Bertz CT molecular complexity index is 468. The quantitative estimate of drug-likeness (QED) is 0.885. The molecule has 0 aliphatic heterocycles. The fourth-order valence-electron chi connectivity index (χ4n) is 1.41. The lowest BCUT2D eigenvalue weighted by molar-refractivity contribution is 1.11. The van der Waals surface area contributed by atoms with Gasteiger partial charge < -0.3 is 5.32 Å². The maximum atomic E-state index is 5.84. The van der Waals surface area contributed by atoms with Crippen LogP contribution in [0.3, 0.4) is 0 Å².